The molecule has 0 atom stereocenters. The summed E-state index contributed by atoms with van der Waals surface area (Å²) in [6, 6.07) is 13.4. The maximum Gasteiger partial charge on any atom is 0.244 e. The van der Waals surface area contributed by atoms with Gasteiger partial charge in [-0.15, -0.1) is 0 Å². The summed E-state index contributed by atoms with van der Waals surface area (Å²) in [5.41, 5.74) is 1.99. The SMILES string of the molecule is CCOc1cccc(CCNC(=O)C=Cc2ccc(OC)c(OC)c2)c1. The smallest absolute Gasteiger partial charge is 0.244 e. The lowest BCUT2D eigenvalue weighted by Gasteiger charge is -2.08. The largest absolute Gasteiger partial charge is 0.494 e. The summed E-state index contributed by atoms with van der Waals surface area (Å²) >= 11 is 0. The summed E-state index contributed by atoms with van der Waals surface area (Å²) in [6.45, 7) is 3.16. The summed E-state index contributed by atoms with van der Waals surface area (Å²) in [6.07, 6.45) is 4.00. The summed E-state index contributed by atoms with van der Waals surface area (Å²) in [5.74, 6) is 2.00. The molecule has 0 bridgehead atoms. The number of methoxy groups -OCH3 is 2. The lowest BCUT2D eigenvalue weighted by molar-refractivity contribution is -0.116. The second-order valence-corrected chi connectivity index (χ2v) is 5.57. The number of amides is 1. The Morgan fingerprint density at radius 1 is 1.08 bits per heavy atom. The molecule has 0 heterocycles. The molecule has 0 fully saturated rings. The van der Waals surface area contributed by atoms with E-state index in [1.807, 2.05) is 49.4 Å². The van der Waals surface area contributed by atoms with Crippen LogP contribution in [0.5, 0.6) is 17.2 Å². The molecule has 0 saturated carbocycles. The molecule has 2 aromatic rings. The minimum Gasteiger partial charge on any atom is -0.494 e. The van der Waals surface area contributed by atoms with Crippen LogP contribution >= 0.6 is 0 Å². The first-order valence-electron chi connectivity index (χ1n) is 8.56. The topological polar surface area (TPSA) is 56.8 Å². The minimum absolute atomic E-state index is 0.138. The summed E-state index contributed by atoms with van der Waals surface area (Å²) < 4.78 is 15.9. The molecule has 0 spiro atoms. The Morgan fingerprint density at radius 3 is 2.62 bits per heavy atom. The zero-order valence-electron chi connectivity index (χ0n) is 15.5. The van der Waals surface area contributed by atoms with E-state index in [1.54, 1.807) is 20.3 Å². The average molecular weight is 355 g/mol. The number of rotatable bonds is 9. The van der Waals surface area contributed by atoms with Crippen LogP contribution in [-0.4, -0.2) is 33.3 Å². The van der Waals surface area contributed by atoms with Gasteiger partial charge in [-0.1, -0.05) is 18.2 Å². The second-order valence-electron chi connectivity index (χ2n) is 5.57. The van der Waals surface area contributed by atoms with Crippen molar-refractivity contribution in [3.8, 4) is 17.2 Å². The lowest BCUT2D eigenvalue weighted by Crippen LogP contribution is -2.23. The Hall–Kier alpha value is -2.95. The third-order valence-corrected chi connectivity index (χ3v) is 3.76. The van der Waals surface area contributed by atoms with Gasteiger partial charge in [0.15, 0.2) is 11.5 Å². The van der Waals surface area contributed by atoms with E-state index in [0.717, 1.165) is 23.3 Å². The summed E-state index contributed by atoms with van der Waals surface area (Å²) in [4.78, 5) is 12.0. The van der Waals surface area contributed by atoms with Crippen LogP contribution in [0.3, 0.4) is 0 Å². The highest BCUT2D eigenvalue weighted by atomic mass is 16.5. The highest BCUT2D eigenvalue weighted by Gasteiger charge is 2.03. The molecule has 0 aliphatic carbocycles. The van der Waals surface area contributed by atoms with E-state index < -0.39 is 0 Å². The van der Waals surface area contributed by atoms with Crippen LogP contribution in [0.1, 0.15) is 18.1 Å². The molecule has 0 aromatic heterocycles. The fourth-order valence-corrected chi connectivity index (χ4v) is 2.47. The molecular formula is C21H25NO4. The summed E-state index contributed by atoms with van der Waals surface area (Å²) in [7, 11) is 3.17. The first kappa shape index (κ1) is 19.4. The van der Waals surface area contributed by atoms with Gasteiger partial charge in [0.05, 0.1) is 20.8 Å². The van der Waals surface area contributed by atoms with Gasteiger partial charge < -0.3 is 19.5 Å². The highest BCUT2D eigenvalue weighted by Crippen LogP contribution is 2.27. The van der Waals surface area contributed by atoms with Gasteiger partial charge in [0, 0.05) is 12.6 Å². The Morgan fingerprint density at radius 2 is 1.88 bits per heavy atom. The van der Waals surface area contributed by atoms with Crippen molar-refractivity contribution >= 4 is 12.0 Å². The number of hydrogen-bond donors (Lipinski definition) is 1. The molecule has 2 aromatic carbocycles. The molecule has 1 amide bonds. The highest BCUT2D eigenvalue weighted by molar-refractivity contribution is 5.91. The zero-order chi connectivity index (χ0) is 18.8. The van der Waals surface area contributed by atoms with Gasteiger partial charge in [-0.05, 0) is 54.8 Å². The maximum atomic E-state index is 12.0. The van der Waals surface area contributed by atoms with Gasteiger partial charge in [-0.3, -0.25) is 4.79 Å². The van der Waals surface area contributed by atoms with Crippen molar-refractivity contribution < 1.29 is 19.0 Å². The van der Waals surface area contributed by atoms with Crippen molar-refractivity contribution in [2.45, 2.75) is 13.3 Å². The van der Waals surface area contributed by atoms with Crippen LogP contribution in [0, 0.1) is 0 Å². The van der Waals surface area contributed by atoms with Crippen LogP contribution in [0.15, 0.2) is 48.5 Å². The van der Waals surface area contributed by atoms with Crippen LogP contribution in [-0.2, 0) is 11.2 Å². The predicted octanol–water partition coefficient (Wildman–Crippen LogP) is 3.47. The van der Waals surface area contributed by atoms with E-state index in [1.165, 1.54) is 6.08 Å². The van der Waals surface area contributed by atoms with Gasteiger partial charge in [-0.2, -0.15) is 0 Å². The third kappa shape index (κ3) is 5.84. The number of carbonyl (C=O) groups excluding carboxylic acids is 1. The number of benzene rings is 2. The molecule has 1 N–H and O–H groups in total. The Kier molecular flexibility index (Phi) is 7.55. The van der Waals surface area contributed by atoms with Gasteiger partial charge in [0.1, 0.15) is 5.75 Å². The van der Waals surface area contributed by atoms with Crippen molar-refractivity contribution in [2.24, 2.45) is 0 Å². The Labute approximate surface area is 154 Å². The standard InChI is InChI=1S/C21H25NO4/c1-4-26-18-7-5-6-16(14-18)12-13-22-21(23)11-9-17-8-10-19(24-2)20(15-17)25-3/h5-11,14-15H,4,12-13H2,1-3H3,(H,22,23). The zero-order valence-corrected chi connectivity index (χ0v) is 15.5. The van der Waals surface area contributed by atoms with Crippen LogP contribution in [0.25, 0.3) is 6.08 Å². The molecule has 0 aliphatic heterocycles. The minimum atomic E-state index is -0.138. The van der Waals surface area contributed by atoms with Gasteiger partial charge in [-0.25, -0.2) is 0 Å². The van der Waals surface area contributed by atoms with Gasteiger partial charge in [0.2, 0.25) is 5.91 Å². The molecule has 5 nitrogen and oxygen atoms in total. The third-order valence-electron chi connectivity index (χ3n) is 3.76. The van der Waals surface area contributed by atoms with E-state index in [4.69, 9.17) is 14.2 Å². The molecular weight excluding hydrogens is 330 g/mol. The predicted molar refractivity (Wildman–Crippen MR) is 103 cm³/mol. The Balaban J connectivity index is 1.85. The molecule has 0 unspecified atom stereocenters. The van der Waals surface area contributed by atoms with Gasteiger partial charge in [0.25, 0.3) is 0 Å². The quantitative estimate of drug-likeness (QED) is 0.700. The fourth-order valence-electron chi connectivity index (χ4n) is 2.47. The first-order chi connectivity index (χ1) is 12.7. The van der Waals surface area contributed by atoms with Crippen molar-refractivity contribution in [3.63, 3.8) is 0 Å². The molecule has 0 radical (unpaired) electrons. The van der Waals surface area contributed by atoms with Crippen LogP contribution in [0.2, 0.25) is 0 Å². The molecule has 5 heteroatoms. The van der Waals surface area contributed by atoms with E-state index in [-0.39, 0.29) is 5.91 Å². The molecule has 26 heavy (non-hydrogen) atoms. The van der Waals surface area contributed by atoms with Crippen LogP contribution in [0.4, 0.5) is 0 Å². The average Bonchev–Trinajstić information content (AvgIpc) is 2.66. The molecule has 2 rings (SSSR count). The molecule has 0 aliphatic rings. The number of nitrogens with one attached hydrogen (secondary N) is 1. The van der Waals surface area contributed by atoms with Crippen molar-refractivity contribution in [1.82, 2.24) is 5.32 Å². The van der Waals surface area contributed by atoms with E-state index in [9.17, 15) is 4.79 Å². The van der Waals surface area contributed by atoms with Crippen LogP contribution < -0.4 is 19.5 Å². The van der Waals surface area contributed by atoms with Gasteiger partial charge >= 0.3 is 0 Å². The maximum absolute atomic E-state index is 12.0. The Bertz CT molecular complexity index is 755. The second kappa shape index (κ2) is 10.1. The summed E-state index contributed by atoms with van der Waals surface area (Å²) in [5, 5.41) is 2.88. The van der Waals surface area contributed by atoms with E-state index in [2.05, 4.69) is 5.32 Å². The lowest BCUT2D eigenvalue weighted by atomic mass is 10.1. The number of hydrogen-bond acceptors (Lipinski definition) is 4. The van der Waals surface area contributed by atoms with Crippen molar-refractivity contribution in [1.29, 1.82) is 0 Å². The first-order valence-corrected chi connectivity index (χ1v) is 8.56. The van der Waals surface area contributed by atoms with E-state index in [0.29, 0.717) is 24.7 Å². The normalized spacial score (nSPS) is 10.6. The van der Waals surface area contributed by atoms with Crippen molar-refractivity contribution in [3.05, 3.63) is 59.7 Å². The van der Waals surface area contributed by atoms with Crippen molar-refractivity contribution in [2.75, 3.05) is 27.4 Å². The number of carbonyl (C=O) groups is 1. The monoisotopic (exact) mass is 355 g/mol. The molecule has 138 valence electrons. The number of ether oxygens (including phenoxy) is 3. The van der Waals surface area contributed by atoms with E-state index >= 15 is 0 Å². The molecule has 0 saturated heterocycles. The fraction of sp³-hybridized carbons (Fsp3) is 0.286.